The second-order valence-electron chi connectivity index (χ2n) is 5.22. The van der Waals surface area contributed by atoms with Crippen LogP contribution in [0.5, 0.6) is 0 Å². The third-order valence-electron chi connectivity index (χ3n) is 3.93. The lowest BCUT2D eigenvalue weighted by molar-refractivity contribution is 0.362. The molecule has 0 saturated heterocycles. The Labute approximate surface area is 88.1 Å². The summed E-state index contributed by atoms with van der Waals surface area (Å²) in [5, 5.41) is 0. The highest BCUT2D eigenvalue weighted by molar-refractivity contribution is 5.40. The molecule has 0 nitrogen and oxygen atoms in total. The van der Waals surface area contributed by atoms with Crippen molar-refractivity contribution in [3.8, 4) is 0 Å². The van der Waals surface area contributed by atoms with Gasteiger partial charge in [-0.25, -0.2) is 0 Å². The highest BCUT2D eigenvalue weighted by Gasteiger charge is 2.26. The third-order valence-corrected chi connectivity index (χ3v) is 3.93. The van der Waals surface area contributed by atoms with Crippen molar-refractivity contribution < 1.29 is 0 Å². The molecule has 0 aromatic heterocycles. The second-order valence-corrected chi connectivity index (χ2v) is 5.22. The van der Waals surface area contributed by atoms with Gasteiger partial charge in [-0.05, 0) is 43.1 Å². The molecule has 78 valence electrons. The van der Waals surface area contributed by atoms with E-state index in [9.17, 15) is 0 Å². The van der Waals surface area contributed by atoms with Crippen molar-refractivity contribution in [2.45, 2.75) is 52.9 Å². The first kappa shape index (κ1) is 10.0. The fourth-order valence-electron chi connectivity index (χ4n) is 2.81. The number of hydrogen-bond acceptors (Lipinski definition) is 0. The number of rotatable bonds is 2. The van der Waals surface area contributed by atoms with Gasteiger partial charge in [-0.15, -0.1) is 0 Å². The molecule has 0 amide bonds. The smallest absolute Gasteiger partial charge is 0.00993 e. The van der Waals surface area contributed by atoms with E-state index < -0.39 is 0 Å². The summed E-state index contributed by atoms with van der Waals surface area (Å²) in [5.41, 5.74) is 5.15. The van der Waals surface area contributed by atoms with Gasteiger partial charge in [0.1, 0.15) is 0 Å². The van der Waals surface area contributed by atoms with Gasteiger partial charge in [-0.1, -0.05) is 44.4 Å². The molecule has 0 heteroatoms. The maximum Gasteiger partial charge on any atom is -0.00993 e. The molecular formula is C14H22. The summed E-state index contributed by atoms with van der Waals surface area (Å²) in [4.78, 5) is 0. The van der Waals surface area contributed by atoms with Crippen molar-refractivity contribution in [2.24, 2.45) is 11.8 Å². The average Bonchev–Trinajstić information content (AvgIpc) is 2.48. The van der Waals surface area contributed by atoms with Gasteiger partial charge in [-0.3, -0.25) is 0 Å². The minimum Gasteiger partial charge on any atom is -0.0659 e. The van der Waals surface area contributed by atoms with Crippen molar-refractivity contribution in [2.75, 3.05) is 0 Å². The van der Waals surface area contributed by atoms with E-state index in [1.165, 1.54) is 32.1 Å². The van der Waals surface area contributed by atoms with Crippen molar-refractivity contribution in [3.05, 3.63) is 22.8 Å². The Hall–Kier alpha value is -0.520. The van der Waals surface area contributed by atoms with Crippen LogP contribution in [-0.4, -0.2) is 0 Å². The molecule has 0 bridgehead atoms. The van der Waals surface area contributed by atoms with Crippen molar-refractivity contribution in [3.63, 3.8) is 0 Å². The molecule has 2 aliphatic rings. The second kappa shape index (κ2) is 3.92. The van der Waals surface area contributed by atoms with Crippen LogP contribution in [0.4, 0.5) is 0 Å². The fourth-order valence-corrected chi connectivity index (χ4v) is 2.81. The molecule has 0 radical (unpaired) electrons. The molecule has 2 rings (SSSR count). The summed E-state index contributed by atoms with van der Waals surface area (Å²) in [6.07, 6.45) is 9.12. The largest absolute Gasteiger partial charge is 0.0659 e. The molecule has 14 heavy (non-hydrogen) atoms. The van der Waals surface area contributed by atoms with E-state index in [-0.39, 0.29) is 0 Å². The van der Waals surface area contributed by atoms with E-state index in [2.05, 4.69) is 26.8 Å². The minimum absolute atomic E-state index is 0.894. The Kier molecular flexibility index (Phi) is 2.80. The first-order valence-electron chi connectivity index (χ1n) is 6.11. The summed E-state index contributed by atoms with van der Waals surface area (Å²) in [7, 11) is 0. The lowest BCUT2D eigenvalue weighted by Crippen LogP contribution is -2.14. The van der Waals surface area contributed by atoms with Crippen molar-refractivity contribution in [1.82, 2.24) is 0 Å². The zero-order valence-corrected chi connectivity index (χ0v) is 9.77. The van der Waals surface area contributed by atoms with Gasteiger partial charge in [0.2, 0.25) is 0 Å². The maximum atomic E-state index is 2.50. The van der Waals surface area contributed by atoms with Gasteiger partial charge >= 0.3 is 0 Å². The number of hydrogen-bond donors (Lipinski definition) is 0. The summed E-state index contributed by atoms with van der Waals surface area (Å²) < 4.78 is 0. The topological polar surface area (TPSA) is 0 Å². The Morgan fingerprint density at radius 2 is 1.93 bits per heavy atom. The van der Waals surface area contributed by atoms with Gasteiger partial charge in [0.15, 0.2) is 0 Å². The van der Waals surface area contributed by atoms with Crippen LogP contribution in [0.25, 0.3) is 0 Å². The predicted molar refractivity (Wildman–Crippen MR) is 62.2 cm³/mol. The van der Waals surface area contributed by atoms with Gasteiger partial charge in [-0.2, -0.15) is 0 Å². The molecule has 0 heterocycles. The fraction of sp³-hybridized carbons (Fsp3) is 0.714. The van der Waals surface area contributed by atoms with Gasteiger partial charge in [0.05, 0.1) is 0 Å². The molecule has 2 atom stereocenters. The Morgan fingerprint density at radius 3 is 2.64 bits per heavy atom. The molecule has 0 aromatic rings. The number of allylic oxidation sites excluding steroid dienone is 4. The highest BCUT2D eigenvalue weighted by Crippen LogP contribution is 2.42. The molecule has 0 spiro atoms. The zero-order chi connectivity index (χ0) is 10.1. The molecule has 2 aliphatic carbocycles. The maximum absolute atomic E-state index is 2.50. The summed E-state index contributed by atoms with van der Waals surface area (Å²) >= 11 is 0. The van der Waals surface area contributed by atoms with Crippen LogP contribution in [0.1, 0.15) is 52.9 Å². The van der Waals surface area contributed by atoms with Crippen LogP contribution in [0.2, 0.25) is 0 Å². The Bertz CT molecular complexity index is 280. The first-order chi connectivity index (χ1) is 6.70. The lowest BCUT2D eigenvalue weighted by Gasteiger charge is -2.27. The summed E-state index contributed by atoms with van der Waals surface area (Å²) in [6.45, 7) is 7.09. The zero-order valence-electron chi connectivity index (χ0n) is 9.77. The Balaban J connectivity index is 2.06. The van der Waals surface area contributed by atoms with E-state index in [0.29, 0.717) is 0 Å². The van der Waals surface area contributed by atoms with E-state index in [1.54, 1.807) is 16.7 Å². The monoisotopic (exact) mass is 190 g/mol. The first-order valence-corrected chi connectivity index (χ1v) is 6.11. The summed E-state index contributed by atoms with van der Waals surface area (Å²) in [6, 6.07) is 0. The molecule has 0 fully saturated rings. The molecule has 0 N–H and O–H groups in total. The molecular weight excluding hydrogens is 168 g/mol. The highest BCUT2D eigenvalue weighted by atomic mass is 14.3. The van der Waals surface area contributed by atoms with Crippen molar-refractivity contribution in [1.29, 1.82) is 0 Å². The molecule has 0 aliphatic heterocycles. The van der Waals surface area contributed by atoms with Gasteiger partial charge in [0, 0.05) is 0 Å². The van der Waals surface area contributed by atoms with Crippen LogP contribution < -0.4 is 0 Å². The lowest BCUT2D eigenvalue weighted by atomic mass is 9.78. The Morgan fingerprint density at radius 1 is 1.21 bits per heavy atom. The van der Waals surface area contributed by atoms with E-state index in [1.807, 2.05) is 0 Å². The van der Waals surface area contributed by atoms with Gasteiger partial charge in [0.25, 0.3) is 0 Å². The van der Waals surface area contributed by atoms with E-state index >= 15 is 0 Å². The summed E-state index contributed by atoms with van der Waals surface area (Å²) in [5.74, 6) is 1.80. The van der Waals surface area contributed by atoms with Crippen LogP contribution in [-0.2, 0) is 0 Å². The quantitative estimate of drug-likeness (QED) is 0.602. The van der Waals surface area contributed by atoms with Gasteiger partial charge < -0.3 is 0 Å². The van der Waals surface area contributed by atoms with Crippen molar-refractivity contribution >= 4 is 0 Å². The SMILES string of the molecule is CCCC1=CC2=C(C1)CC(C)C(C)C2. The van der Waals surface area contributed by atoms with Crippen LogP contribution in [0.3, 0.4) is 0 Å². The standard InChI is InChI=1S/C14H22/c1-4-5-12-8-13-6-10(2)11(3)7-14(13)9-12/h8,10-11H,4-7,9H2,1-3H3. The third kappa shape index (κ3) is 1.80. The van der Waals surface area contributed by atoms with Crippen LogP contribution in [0.15, 0.2) is 22.8 Å². The molecule has 0 saturated carbocycles. The van der Waals surface area contributed by atoms with Crippen LogP contribution >= 0.6 is 0 Å². The van der Waals surface area contributed by atoms with E-state index in [0.717, 1.165) is 11.8 Å². The minimum atomic E-state index is 0.894. The predicted octanol–water partition coefficient (Wildman–Crippen LogP) is 4.48. The molecule has 2 unspecified atom stereocenters. The normalized spacial score (nSPS) is 31.8. The van der Waals surface area contributed by atoms with E-state index in [4.69, 9.17) is 0 Å². The molecule has 0 aromatic carbocycles. The average molecular weight is 190 g/mol. The van der Waals surface area contributed by atoms with Crippen LogP contribution in [0, 0.1) is 11.8 Å².